The summed E-state index contributed by atoms with van der Waals surface area (Å²) >= 11 is 0. The van der Waals surface area contributed by atoms with Gasteiger partial charge in [-0.25, -0.2) is 13.1 Å². The molecule has 118 valence electrons. The van der Waals surface area contributed by atoms with E-state index in [1.165, 1.54) is 12.1 Å². The Labute approximate surface area is 131 Å². The number of nitrogen functional groups attached to an aromatic ring is 1. The third-order valence-electron chi connectivity index (χ3n) is 3.20. The van der Waals surface area contributed by atoms with Crippen LogP contribution in [0.2, 0.25) is 0 Å². The van der Waals surface area contributed by atoms with Gasteiger partial charge in [-0.3, -0.25) is 0 Å². The molecule has 0 bridgehead atoms. The zero-order valence-electron chi connectivity index (χ0n) is 12.4. The minimum Gasteiger partial charge on any atom is -0.492 e. The van der Waals surface area contributed by atoms with Crippen LogP contribution in [-0.2, 0) is 10.0 Å². The lowest BCUT2D eigenvalue weighted by molar-refractivity contribution is 0.275. The first-order valence-electron chi connectivity index (χ1n) is 7.07. The molecule has 5 nitrogen and oxygen atoms in total. The summed E-state index contributed by atoms with van der Waals surface area (Å²) in [4.78, 5) is 0.194. The number of nitrogens with one attached hydrogen (secondary N) is 1. The van der Waals surface area contributed by atoms with Gasteiger partial charge in [0, 0.05) is 5.69 Å². The van der Waals surface area contributed by atoms with E-state index in [1.807, 2.05) is 37.3 Å². The minimum absolute atomic E-state index is 0.194. The lowest BCUT2D eigenvalue weighted by Crippen LogP contribution is -2.38. The van der Waals surface area contributed by atoms with Crippen molar-refractivity contribution in [1.82, 2.24) is 4.72 Å². The summed E-state index contributed by atoms with van der Waals surface area (Å²) in [5, 5.41) is 0. The van der Waals surface area contributed by atoms with Crippen LogP contribution in [0.3, 0.4) is 0 Å². The molecule has 0 unspecified atom stereocenters. The first-order chi connectivity index (χ1) is 10.5. The molecule has 0 saturated carbocycles. The highest BCUT2D eigenvalue weighted by Gasteiger charge is 2.19. The first-order valence-corrected chi connectivity index (χ1v) is 8.55. The Morgan fingerprint density at radius 3 is 2.32 bits per heavy atom. The van der Waals surface area contributed by atoms with E-state index < -0.39 is 10.0 Å². The van der Waals surface area contributed by atoms with Crippen LogP contribution in [0.4, 0.5) is 5.69 Å². The molecule has 2 aromatic rings. The monoisotopic (exact) mass is 320 g/mol. The summed E-state index contributed by atoms with van der Waals surface area (Å²) in [5.74, 6) is 0.715. The van der Waals surface area contributed by atoms with Gasteiger partial charge in [0.15, 0.2) is 0 Å². The van der Waals surface area contributed by atoms with Crippen LogP contribution in [0.1, 0.15) is 13.3 Å². The van der Waals surface area contributed by atoms with Gasteiger partial charge >= 0.3 is 0 Å². The van der Waals surface area contributed by atoms with E-state index in [0.717, 1.165) is 0 Å². The second-order valence-corrected chi connectivity index (χ2v) is 6.63. The molecule has 3 N–H and O–H groups in total. The van der Waals surface area contributed by atoms with Crippen molar-refractivity contribution in [3.8, 4) is 5.75 Å². The Morgan fingerprint density at radius 1 is 1.09 bits per heavy atom. The molecule has 0 aliphatic rings. The van der Waals surface area contributed by atoms with Gasteiger partial charge in [-0.1, -0.05) is 25.1 Å². The van der Waals surface area contributed by atoms with Gasteiger partial charge in [-0.05, 0) is 42.8 Å². The Kier molecular flexibility index (Phi) is 5.41. The Hall–Kier alpha value is -2.05. The smallest absolute Gasteiger partial charge is 0.240 e. The average Bonchev–Trinajstić information content (AvgIpc) is 2.52. The number of anilines is 1. The van der Waals surface area contributed by atoms with E-state index in [0.29, 0.717) is 17.9 Å². The summed E-state index contributed by atoms with van der Waals surface area (Å²) < 4.78 is 32.9. The second kappa shape index (κ2) is 7.29. The Morgan fingerprint density at radius 2 is 1.73 bits per heavy atom. The molecule has 1 atom stereocenters. The Bertz CT molecular complexity index is 685. The molecule has 0 aromatic heterocycles. The van der Waals surface area contributed by atoms with E-state index in [4.69, 9.17) is 10.5 Å². The number of hydrogen-bond donors (Lipinski definition) is 2. The molecule has 0 heterocycles. The van der Waals surface area contributed by atoms with Crippen molar-refractivity contribution >= 4 is 15.7 Å². The van der Waals surface area contributed by atoms with Crippen molar-refractivity contribution in [2.75, 3.05) is 12.3 Å². The molecule has 0 aliphatic carbocycles. The molecule has 6 heteroatoms. The zero-order valence-corrected chi connectivity index (χ0v) is 13.2. The van der Waals surface area contributed by atoms with Gasteiger partial charge in [0.1, 0.15) is 12.4 Å². The number of nitrogens with two attached hydrogens (primary N) is 1. The largest absolute Gasteiger partial charge is 0.492 e. The number of hydrogen-bond acceptors (Lipinski definition) is 4. The lowest BCUT2D eigenvalue weighted by Gasteiger charge is -2.18. The fraction of sp³-hybridized carbons (Fsp3) is 0.250. The highest BCUT2D eigenvalue weighted by molar-refractivity contribution is 7.89. The summed E-state index contributed by atoms with van der Waals surface area (Å²) in [6, 6.07) is 15.1. The maximum absolute atomic E-state index is 12.3. The quantitative estimate of drug-likeness (QED) is 0.768. The van der Waals surface area contributed by atoms with Gasteiger partial charge in [0.25, 0.3) is 0 Å². The van der Waals surface area contributed by atoms with E-state index in [9.17, 15) is 8.42 Å². The van der Waals surface area contributed by atoms with Crippen LogP contribution in [0.25, 0.3) is 0 Å². The van der Waals surface area contributed by atoms with Crippen LogP contribution >= 0.6 is 0 Å². The molecule has 0 saturated heterocycles. The van der Waals surface area contributed by atoms with Crippen LogP contribution in [-0.4, -0.2) is 21.1 Å². The molecule has 2 rings (SSSR count). The van der Waals surface area contributed by atoms with Crippen molar-refractivity contribution in [3.05, 3.63) is 54.6 Å². The normalized spacial score (nSPS) is 12.8. The molecule has 0 radical (unpaired) electrons. The summed E-state index contributed by atoms with van der Waals surface area (Å²) in [5.41, 5.74) is 6.10. The van der Waals surface area contributed by atoms with E-state index in [1.54, 1.807) is 12.1 Å². The van der Waals surface area contributed by atoms with Gasteiger partial charge in [-0.15, -0.1) is 0 Å². The average molecular weight is 320 g/mol. The number of rotatable bonds is 7. The van der Waals surface area contributed by atoms with Crippen LogP contribution in [0.15, 0.2) is 59.5 Å². The highest BCUT2D eigenvalue weighted by atomic mass is 32.2. The number of para-hydroxylation sites is 1. The van der Waals surface area contributed by atoms with E-state index in [2.05, 4.69) is 4.72 Å². The lowest BCUT2D eigenvalue weighted by atomic mass is 10.2. The van der Waals surface area contributed by atoms with Crippen molar-refractivity contribution < 1.29 is 13.2 Å². The molecule has 2 aromatic carbocycles. The number of benzene rings is 2. The van der Waals surface area contributed by atoms with Gasteiger partial charge < -0.3 is 10.5 Å². The van der Waals surface area contributed by atoms with E-state index in [-0.39, 0.29) is 17.5 Å². The fourth-order valence-electron chi connectivity index (χ4n) is 1.88. The third kappa shape index (κ3) is 4.47. The molecule has 0 aliphatic heterocycles. The predicted octanol–water partition coefficient (Wildman–Crippen LogP) is 2.40. The maximum atomic E-state index is 12.3. The number of ether oxygens (including phenoxy) is 1. The van der Waals surface area contributed by atoms with Crippen LogP contribution in [0.5, 0.6) is 5.75 Å². The number of sulfonamides is 1. The minimum atomic E-state index is -3.58. The molecular formula is C16H20N2O3S. The first kappa shape index (κ1) is 16.3. The predicted molar refractivity (Wildman–Crippen MR) is 87.2 cm³/mol. The van der Waals surface area contributed by atoms with Gasteiger partial charge in [-0.2, -0.15) is 0 Å². The molecule has 22 heavy (non-hydrogen) atoms. The van der Waals surface area contributed by atoms with Crippen LogP contribution in [0, 0.1) is 0 Å². The fourth-order valence-corrected chi connectivity index (χ4v) is 3.19. The van der Waals surface area contributed by atoms with Crippen molar-refractivity contribution in [2.45, 2.75) is 24.3 Å². The standard InChI is InChI=1S/C16H20N2O3S/c1-2-14(12-21-15-6-4-3-5-7-15)18-22(19,20)16-10-8-13(17)9-11-16/h3-11,14,18H,2,12,17H2,1H3/t14-/m0/s1. The highest BCUT2D eigenvalue weighted by Crippen LogP contribution is 2.14. The maximum Gasteiger partial charge on any atom is 0.240 e. The molecule has 0 spiro atoms. The summed E-state index contributed by atoms with van der Waals surface area (Å²) in [7, 11) is -3.58. The second-order valence-electron chi connectivity index (χ2n) is 4.92. The molecule has 0 amide bonds. The molecular weight excluding hydrogens is 300 g/mol. The summed E-state index contributed by atoms with van der Waals surface area (Å²) in [6.45, 7) is 2.18. The van der Waals surface area contributed by atoms with Crippen LogP contribution < -0.4 is 15.2 Å². The third-order valence-corrected chi connectivity index (χ3v) is 4.74. The van der Waals surface area contributed by atoms with Crippen molar-refractivity contribution in [2.24, 2.45) is 0 Å². The molecule has 0 fully saturated rings. The van der Waals surface area contributed by atoms with Gasteiger partial charge in [0.05, 0.1) is 10.9 Å². The Balaban J connectivity index is 2.01. The van der Waals surface area contributed by atoms with Gasteiger partial charge in [0.2, 0.25) is 10.0 Å². The summed E-state index contributed by atoms with van der Waals surface area (Å²) in [6.07, 6.45) is 0.626. The SMILES string of the molecule is CC[C@@H](COc1ccccc1)NS(=O)(=O)c1ccc(N)cc1. The van der Waals surface area contributed by atoms with Crippen molar-refractivity contribution in [3.63, 3.8) is 0 Å². The zero-order chi connectivity index (χ0) is 16.0. The topological polar surface area (TPSA) is 81.4 Å². The van der Waals surface area contributed by atoms with Crippen molar-refractivity contribution in [1.29, 1.82) is 0 Å². The van der Waals surface area contributed by atoms with E-state index >= 15 is 0 Å².